The summed E-state index contributed by atoms with van der Waals surface area (Å²) in [5.74, 6) is 0. The molecule has 0 bridgehead atoms. The lowest BCUT2D eigenvalue weighted by molar-refractivity contribution is 1.09. The van der Waals surface area contributed by atoms with Gasteiger partial charge in [0.25, 0.3) is 0 Å². The Morgan fingerprint density at radius 2 is 2.19 bits per heavy atom. The first-order valence-corrected chi connectivity index (χ1v) is 5.54. The van der Waals surface area contributed by atoms with Gasteiger partial charge in [-0.05, 0) is 34.1 Å². The van der Waals surface area contributed by atoms with E-state index in [9.17, 15) is 0 Å². The summed E-state index contributed by atoms with van der Waals surface area (Å²) < 4.78 is 0.870. The van der Waals surface area contributed by atoms with Crippen molar-refractivity contribution in [2.24, 2.45) is 0 Å². The maximum Gasteiger partial charge on any atom is 0.112 e. The van der Waals surface area contributed by atoms with E-state index in [1.165, 1.54) is 0 Å². The van der Waals surface area contributed by atoms with Crippen LogP contribution in [-0.4, -0.2) is 20.2 Å². The number of nitrogens with zero attached hydrogens (tertiary/aromatic N) is 3. The van der Waals surface area contributed by atoms with Gasteiger partial charge in [0.1, 0.15) is 10.1 Å². The number of rotatable bonds is 1. The molecular weight excluding hydrogens is 268 g/mol. The van der Waals surface area contributed by atoms with Crippen molar-refractivity contribution in [3.05, 3.63) is 41.4 Å². The van der Waals surface area contributed by atoms with Gasteiger partial charge in [0.2, 0.25) is 0 Å². The van der Waals surface area contributed by atoms with Crippen LogP contribution in [0.5, 0.6) is 0 Å². The zero-order valence-electron chi connectivity index (χ0n) is 8.18. The largest absolute Gasteiger partial charge is 0.270 e. The summed E-state index contributed by atoms with van der Waals surface area (Å²) in [6, 6.07) is 5.86. The molecule has 0 saturated heterocycles. The van der Waals surface area contributed by atoms with Crippen molar-refractivity contribution >= 4 is 26.8 Å². The SMILES string of the molecule is Brc1[nH]nc2cnc(-c3cccnc3)cc12. The quantitative estimate of drug-likeness (QED) is 0.743. The Hall–Kier alpha value is -1.75. The molecule has 0 spiro atoms. The molecule has 3 rings (SSSR count). The average Bonchev–Trinajstić information content (AvgIpc) is 2.72. The molecule has 1 N–H and O–H groups in total. The molecular formula is C11H7BrN4. The fourth-order valence-electron chi connectivity index (χ4n) is 1.55. The molecule has 78 valence electrons. The van der Waals surface area contributed by atoms with Gasteiger partial charge >= 0.3 is 0 Å². The van der Waals surface area contributed by atoms with E-state index in [4.69, 9.17) is 0 Å². The number of hydrogen-bond donors (Lipinski definition) is 1. The zero-order chi connectivity index (χ0) is 11.0. The second kappa shape index (κ2) is 3.68. The van der Waals surface area contributed by atoms with Gasteiger partial charge in [-0.1, -0.05) is 0 Å². The van der Waals surface area contributed by atoms with Crippen LogP contribution in [0.2, 0.25) is 0 Å². The Kier molecular flexibility index (Phi) is 2.18. The van der Waals surface area contributed by atoms with Gasteiger partial charge in [-0.15, -0.1) is 0 Å². The van der Waals surface area contributed by atoms with E-state index in [0.29, 0.717) is 0 Å². The van der Waals surface area contributed by atoms with Crippen LogP contribution in [0, 0.1) is 0 Å². The predicted molar refractivity (Wildman–Crippen MR) is 64.8 cm³/mol. The second-order valence-corrected chi connectivity index (χ2v) is 4.16. The van der Waals surface area contributed by atoms with Crippen LogP contribution >= 0.6 is 15.9 Å². The van der Waals surface area contributed by atoms with Crippen molar-refractivity contribution in [3.63, 3.8) is 0 Å². The third-order valence-electron chi connectivity index (χ3n) is 2.35. The van der Waals surface area contributed by atoms with Gasteiger partial charge in [0, 0.05) is 23.3 Å². The number of aromatic amines is 1. The van der Waals surface area contributed by atoms with Gasteiger partial charge in [-0.3, -0.25) is 15.1 Å². The lowest BCUT2D eigenvalue weighted by atomic mass is 10.1. The van der Waals surface area contributed by atoms with E-state index in [2.05, 4.69) is 36.1 Å². The van der Waals surface area contributed by atoms with E-state index < -0.39 is 0 Å². The number of halogens is 1. The van der Waals surface area contributed by atoms with Crippen molar-refractivity contribution < 1.29 is 0 Å². The maximum absolute atomic E-state index is 4.35. The molecule has 5 heteroatoms. The van der Waals surface area contributed by atoms with Crippen molar-refractivity contribution in [2.45, 2.75) is 0 Å². The first kappa shape index (κ1) is 9.47. The summed E-state index contributed by atoms with van der Waals surface area (Å²) in [4.78, 5) is 8.42. The van der Waals surface area contributed by atoms with Gasteiger partial charge in [-0.2, -0.15) is 5.10 Å². The van der Waals surface area contributed by atoms with Crippen LogP contribution in [0.25, 0.3) is 22.2 Å². The first-order chi connectivity index (χ1) is 7.84. The summed E-state index contributed by atoms with van der Waals surface area (Å²) in [5, 5.41) is 7.99. The first-order valence-electron chi connectivity index (χ1n) is 4.74. The highest BCUT2D eigenvalue weighted by molar-refractivity contribution is 9.10. The topological polar surface area (TPSA) is 54.5 Å². The van der Waals surface area contributed by atoms with Crippen LogP contribution in [0.15, 0.2) is 41.4 Å². The Morgan fingerprint density at radius 3 is 3.00 bits per heavy atom. The fraction of sp³-hybridized carbons (Fsp3) is 0. The van der Waals surface area contributed by atoms with Crippen molar-refractivity contribution in [2.75, 3.05) is 0 Å². The summed E-state index contributed by atoms with van der Waals surface area (Å²) in [6.45, 7) is 0. The van der Waals surface area contributed by atoms with Crippen LogP contribution in [0.3, 0.4) is 0 Å². The van der Waals surface area contributed by atoms with Gasteiger partial charge < -0.3 is 0 Å². The molecule has 0 atom stereocenters. The number of fused-ring (bicyclic) bond motifs is 1. The number of hydrogen-bond acceptors (Lipinski definition) is 3. The molecule has 3 aromatic rings. The Bertz CT molecular complexity index is 633. The van der Waals surface area contributed by atoms with Crippen molar-refractivity contribution in [1.29, 1.82) is 0 Å². The van der Waals surface area contributed by atoms with Crippen LogP contribution < -0.4 is 0 Å². The molecule has 0 amide bonds. The fourth-order valence-corrected chi connectivity index (χ4v) is 1.96. The van der Waals surface area contributed by atoms with Crippen LogP contribution in [0.1, 0.15) is 0 Å². The number of H-pyrrole nitrogens is 1. The third kappa shape index (κ3) is 1.49. The number of aromatic nitrogens is 4. The molecule has 4 nitrogen and oxygen atoms in total. The van der Waals surface area contributed by atoms with E-state index in [-0.39, 0.29) is 0 Å². The number of nitrogens with one attached hydrogen (secondary N) is 1. The average molecular weight is 275 g/mol. The standard InChI is InChI=1S/C11H7BrN4/c12-11-8-4-9(7-2-1-3-13-5-7)14-6-10(8)15-16-11/h1-6H,(H,15,16). The molecule has 0 aliphatic heterocycles. The normalized spacial score (nSPS) is 10.8. The van der Waals surface area contributed by atoms with Crippen molar-refractivity contribution in [1.82, 2.24) is 20.2 Å². The molecule has 3 heterocycles. The van der Waals surface area contributed by atoms with E-state index in [1.54, 1.807) is 18.6 Å². The molecule has 16 heavy (non-hydrogen) atoms. The zero-order valence-corrected chi connectivity index (χ0v) is 9.77. The summed E-state index contributed by atoms with van der Waals surface area (Å²) in [7, 11) is 0. The minimum atomic E-state index is 0.847. The summed E-state index contributed by atoms with van der Waals surface area (Å²) in [5.41, 5.74) is 2.74. The van der Waals surface area contributed by atoms with E-state index in [1.807, 2.05) is 18.2 Å². The molecule has 0 fully saturated rings. The minimum absolute atomic E-state index is 0.847. The molecule has 0 aliphatic rings. The molecule has 0 saturated carbocycles. The van der Waals surface area contributed by atoms with Gasteiger partial charge in [0.15, 0.2) is 0 Å². The van der Waals surface area contributed by atoms with Gasteiger partial charge in [-0.25, -0.2) is 0 Å². The Balaban J connectivity index is 2.22. The number of pyridine rings is 2. The highest BCUT2D eigenvalue weighted by atomic mass is 79.9. The van der Waals surface area contributed by atoms with E-state index in [0.717, 1.165) is 26.8 Å². The lowest BCUT2D eigenvalue weighted by Gasteiger charge is -1.99. The summed E-state index contributed by atoms with van der Waals surface area (Å²) >= 11 is 3.41. The van der Waals surface area contributed by atoms with E-state index >= 15 is 0 Å². The highest BCUT2D eigenvalue weighted by Gasteiger charge is 2.05. The Labute approximate surface area is 99.9 Å². The van der Waals surface area contributed by atoms with Crippen molar-refractivity contribution in [3.8, 4) is 11.3 Å². The molecule has 0 unspecified atom stereocenters. The minimum Gasteiger partial charge on any atom is -0.270 e. The molecule has 0 radical (unpaired) electrons. The molecule has 3 aromatic heterocycles. The highest BCUT2D eigenvalue weighted by Crippen LogP contribution is 2.24. The molecule has 0 aromatic carbocycles. The predicted octanol–water partition coefficient (Wildman–Crippen LogP) is 2.78. The lowest BCUT2D eigenvalue weighted by Crippen LogP contribution is -1.83. The molecule has 0 aliphatic carbocycles. The van der Waals surface area contributed by atoms with Gasteiger partial charge in [0.05, 0.1) is 11.9 Å². The third-order valence-corrected chi connectivity index (χ3v) is 2.96. The maximum atomic E-state index is 4.35. The smallest absolute Gasteiger partial charge is 0.112 e. The second-order valence-electron chi connectivity index (χ2n) is 3.37. The van der Waals surface area contributed by atoms with Crippen LogP contribution in [-0.2, 0) is 0 Å². The Morgan fingerprint density at radius 1 is 1.25 bits per heavy atom. The monoisotopic (exact) mass is 274 g/mol. The summed E-state index contributed by atoms with van der Waals surface area (Å²) in [6.07, 6.45) is 5.29. The van der Waals surface area contributed by atoms with Crippen LogP contribution in [0.4, 0.5) is 0 Å².